The average Bonchev–Trinajstić information content (AvgIpc) is 2.38. The van der Waals surface area contributed by atoms with Crippen LogP contribution in [-0.4, -0.2) is 9.91 Å². The predicted molar refractivity (Wildman–Crippen MR) is 72.3 cm³/mol. The van der Waals surface area contributed by atoms with Crippen molar-refractivity contribution in [1.82, 2.24) is 4.98 Å². The number of nitrogens with zero attached hydrogens (tertiary/aromatic N) is 2. The van der Waals surface area contributed by atoms with Gasteiger partial charge in [-0.2, -0.15) is 0 Å². The molecular weight excluding hydrogens is 336 g/mol. The molecule has 104 valence electrons. The number of rotatable bonds is 4. The molecule has 0 amide bonds. The Kier molecular flexibility index (Phi) is 4.23. The Bertz CT molecular complexity index is 667. The first-order chi connectivity index (χ1) is 9.47. The largest absolute Gasteiger partial charge is 0.365 e. The molecule has 0 aliphatic heterocycles. The molecule has 1 aromatic heterocycles. The van der Waals surface area contributed by atoms with Gasteiger partial charge in [0.1, 0.15) is 23.6 Å². The predicted octanol–water partition coefficient (Wildman–Crippen LogP) is 3.64. The number of anilines is 1. The van der Waals surface area contributed by atoms with Crippen LogP contribution < -0.4 is 5.32 Å². The standard InChI is InChI=1S/C12H8BrF2N3O2/c13-10-4-9(18(19)20)6-17-12(10)16-5-7-1-2-8(14)3-11(7)15/h1-4,6H,5H2,(H,16,17). The van der Waals surface area contributed by atoms with E-state index in [4.69, 9.17) is 0 Å². The molecule has 0 spiro atoms. The molecule has 0 aliphatic carbocycles. The SMILES string of the molecule is O=[N+]([O-])c1cnc(NCc2ccc(F)cc2F)c(Br)c1. The molecule has 0 saturated heterocycles. The van der Waals surface area contributed by atoms with Crippen LogP contribution in [0, 0.1) is 21.7 Å². The van der Waals surface area contributed by atoms with E-state index >= 15 is 0 Å². The lowest BCUT2D eigenvalue weighted by Crippen LogP contribution is -2.04. The third kappa shape index (κ3) is 3.27. The summed E-state index contributed by atoms with van der Waals surface area (Å²) in [5.41, 5.74) is 0.105. The van der Waals surface area contributed by atoms with Gasteiger partial charge in [-0.15, -0.1) is 0 Å². The molecule has 20 heavy (non-hydrogen) atoms. The minimum atomic E-state index is -0.671. The molecular formula is C12H8BrF2N3O2. The normalized spacial score (nSPS) is 10.3. The summed E-state index contributed by atoms with van der Waals surface area (Å²) < 4.78 is 26.6. The first kappa shape index (κ1) is 14.3. The maximum Gasteiger partial charge on any atom is 0.288 e. The van der Waals surface area contributed by atoms with Gasteiger partial charge < -0.3 is 5.32 Å². The molecule has 0 fully saturated rings. The van der Waals surface area contributed by atoms with Gasteiger partial charge >= 0.3 is 0 Å². The van der Waals surface area contributed by atoms with E-state index in [0.717, 1.165) is 18.3 Å². The number of halogens is 3. The summed E-state index contributed by atoms with van der Waals surface area (Å²) in [4.78, 5) is 13.9. The van der Waals surface area contributed by atoms with E-state index in [-0.39, 0.29) is 17.8 Å². The fraction of sp³-hybridized carbons (Fsp3) is 0.0833. The molecule has 0 radical (unpaired) electrons. The Hall–Kier alpha value is -2.09. The van der Waals surface area contributed by atoms with Crippen molar-refractivity contribution in [2.75, 3.05) is 5.32 Å². The quantitative estimate of drug-likeness (QED) is 0.679. The summed E-state index contributed by atoms with van der Waals surface area (Å²) in [6, 6.07) is 4.54. The fourth-order valence-electron chi connectivity index (χ4n) is 1.50. The second kappa shape index (κ2) is 5.91. The fourth-order valence-corrected chi connectivity index (χ4v) is 1.98. The highest BCUT2D eigenvalue weighted by molar-refractivity contribution is 9.10. The van der Waals surface area contributed by atoms with Crippen molar-refractivity contribution in [1.29, 1.82) is 0 Å². The number of aromatic nitrogens is 1. The molecule has 1 heterocycles. The molecule has 8 heteroatoms. The first-order valence-electron chi connectivity index (χ1n) is 5.45. The number of nitro groups is 1. The monoisotopic (exact) mass is 343 g/mol. The van der Waals surface area contributed by atoms with E-state index in [1.54, 1.807) is 0 Å². The second-order valence-electron chi connectivity index (χ2n) is 3.87. The van der Waals surface area contributed by atoms with E-state index in [2.05, 4.69) is 26.2 Å². The van der Waals surface area contributed by atoms with E-state index in [1.165, 1.54) is 12.1 Å². The average molecular weight is 344 g/mol. The van der Waals surface area contributed by atoms with Crippen LogP contribution in [0.4, 0.5) is 20.3 Å². The summed E-state index contributed by atoms with van der Waals surface area (Å²) in [5.74, 6) is -0.990. The smallest absolute Gasteiger partial charge is 0.288 e. The Morgan fingerprint density at radius 2 is 2.10 bits per heavy atom. The molecule has 0 unspecified atom stereocenters. The lowest BCUT2D eigenvalue weighted by Gasteiger charge is -2.08. The lowest BCUT2D eigenvalue weighted by atomic mass is 10.2. The van der Waals surface area contributed by atoms with Gasteiger partial charge in [0.2, 0.25) is 0 Å². The van der Waals surface area contributed by atoms with Crippen molar-refractivity contribution < 1.29 is 13.7 Å². The van der Waals surface area contributed by atoms with Gasteiger partial charge in [0, 0.05) is 24.2 Å². The van der Waals surface area contributed by atoms with Crippen LogP contribution >= 0.6 is 15.9 Å². The zero-order valence-electron chi connectivity index (χ0n) is 9.94. The minimum absolute atomic E-state index is 0.0789. The molecule has 2 aromatic rings. The van der Waals surface area contributed by atoms with Crippen molar-refractivity contribution in [2.24, 2.45) is 0 Å². The summed E-state index contributed by atoms with van der Waals surface area (Å²) in [5, 5.41) is 13.4. The third-order valence-corrected chi connectivity index (χ3v) is 3.10. The van der Waals surface area contributed by atoms with Gasteiger partial charge in [-0.1, -0.05) is 6.07 Å². The van der Waals surface area contributed by atoms with E-state index in [9.17, 15) is 18.9 Å². The van der Waals surface area contributed by atoms with Gasteiger partial charge in [-0.25, -0.2) is 13.8 Å². The van der Waals surface area contributed by atoms with Crippen LogP contribution in [0.15, 0.2) is 34.9 Å². The topological polar surface area (TPSA) is 68.1 Å². The van der Waals surface area contributed by atoms with Gasteiger partial charge in [-0.05, 0) is 22.0 Å². The highest BCUT2D eigenvalue weighted by atomic mass is 79.9. The van der Waals surface area contributed by atoms with Crippen LogP contribution in [0.3, 0.4) is 0 Å². The van der Waals surface area contributed by atoms with E-state index in [0.29, 0.717) is 10.3 Å². The maximum absolute atomic E-state index is 13.4. The second-order valence-corrected chi connectivity index (χ2v) is 4.72. The summed E-state index contributed by atoms with van der Waals surface area (Å²) >= 11 is 3.14. The highest BCUT2D eigenvalue weighted by Gasteiger charge is 2.11. The van der Waals surface area contributed by atoms with Crippen molar-refractivity contribution in [2.45, 2.75) is 6.54 Å². The maximum atomic E-state index is 13.4. The van der Waals surface area contributed by atoms with Crippen LogP contribution in [0.25, 0.3) is 0 Å². The van der Waals surface area contributed by atoms with Crippen molar-refractivity contribution >= 4 is 27.4 Å². The third-order valence-electron chi connectivity index (χ3n) is 2.50. The molecule has 0 atom stereocenters. The highest BCUT2D eigenvalue weighted by Crippen LogP contribution is 2.25. The molecule has 1 N–H and O–H groups in total. The van der Waals surface area contributed by atoms with Crippen LogP contribution in [-0.2, 0) is 6.54 Å². The molecule has 0 aliphatic rings. The molecule has 5 nitrogen and oxygen atoms in total. The van der Waals surface area contributed by atoms with E-state index < -0.39 is 16.6 Å². The Morgan fingerprint density at radius 3 is 2.70 bits per heavy atom. The van der Waals surface area contributed by atoms with Crippen LogP contribution in [0.5, 0.6) is 0 Å². The van der Waals surface area contributed by atoms with Crippen LogP contribution in [0.1, 0.15) is 5.56 Å². The number of benzene rings is 1. The summed E-state index contributed by atoms with van der Waals surface area (Å²) in [6.07, 6.45) is 1.09. The minimum Gasteiger partial charge on any atom is -0.365 e. The summed E-state index contributed by atoms with van der Waals surface area (Å²) in [7, 11) is 0. The van der Waals surface area contributed by atoms with Gasteiger partial charge in [0.25, 0.3) is 5.69 Å². The molecule has 0 saturated carbocycles. The zero-order chi connectivity index (χ0) is 14.7. The Labute approximate surface area is 120 Å². The van der Waals surface area contributed by atoms with E-state index in [1.807, 2.05) is 0 Å². The number of nitrogens with one attached hydrogen (secondary N) is 1. The van der Waals surface area contributed by atoms with Gasteiger partial charge in [-0.3, -0.25) is 10.1 Å². The van der Waals surface area contributed by atoms with Crippen molar-refractivity contribution in [3.8, 4) is 0 Å². The zero-order valence-corrected chi connectivity index (χ0v) is 11.5. The molecule has 2 rings (SSSR count). The lowest BCUT2D eigenvalue weighted by molar-refractivity contribution is -0.385. The van der Waals surface area contributed by atoms with Gasteiger partial charge in [0.15, 0.2) is 0 Å². The van der Waals surface area contributed by atoms with Crippen LogP contribution in [0.2, 0.25) is 0 Å². The van der Waals surface area contributed by atoms with Crippen molar-refractivity contribution in [3.63, 3.8) is 0 Å². The van der Waals surface area contributed by atoms with Crippen molar-refractivity contribution in [3.05, 3.63) is 62.2 Å². The number of pyridine rings is 1. The van der Waals surface area contributed by atoms with Gasteiger partial charge in [0.05, 0.1) is 9.40 Å². The Balaban J connectivity index is 2.13. The Morgan fingerprint density at radius 1 is 1.35 bits per heavy atom. The first-order valence-corrected chi connectivity index (χ1v) is 6.24. The molecule has 0 bridgehead atoms. The number of hydrogen-bond donors (Lipinski definition) is 1. The number of hydrogen-bond acceptors (Lipinski definition) is 4. The summed E-state index contributed by atoms with van der Waals surface area (Å²) in [6.45, 7) is 0.0789. The molecule has 1 aromatic carbocycles.